The molecule has 1 nitrogen and oxygen atoms in total. The van der Waals surface area contributed by atoms with E-state index >= 15 is 0 Å². The van der Waals surface area contributed by atoms with E-state index < -0.39 is 0 Å². The first-order chi connectivity index (χ1) is 5.29. The fourth-order valence-electron chi connectivity index (χ4n) is 0.743. The van der Waals surface area contributed by atoms with Gasteiger partial charge in [-0.25, -0.2) is 0 Å². The summed E-state index contributed by atoms with van der Waals surface area (Å²) in [5, 5.41) is 0. The van der Waals surface area contributed by atoms with Crippen molar-refractivity contribution >= 4 is 23.3 Å². The van der Waals surface area contributed by atoms with E-state index in [1.54, 1.807) is 6.08 Å². The molecule has 0 spiro atoms. The van der Waals surface area contributed by atoms with Gasteiger partial charge in [-0.2, -0.15) is 0 Å². The van der Waals surface area contributed by atoms with Gasteiger partial charge in [0.05, 0.1) is 4.99 Å². The SMILES string of the molecule is NC(=S)/C=C/c1ccccc1. The predicted octanol–water partition coefficient (Wildman–Crippen LogP) is 1.99. The summed E-state index contributed by atoms with van der Waals surface area (Å²) in [6, 6.07) is 9.90. The van der Waals surface area contributed by atoms with Crippen LogP contribution in [0, 0.1) is 0 Å². The predicted molar refractivity (Wildman–Crippen MR) is 52.3 cm³/mol. The Labute approximate surface area is 71.5 Å². The summed E-state index contributed by atoms with van der Waals surface area (Å²) in [6.45, 7) is 0. The lowest BCUT2D eigenvalue weighted by Crippen LogP contribution is -2.01. The number of thiocarbonyl (C=S) groups is 1. The highest BCUT2D eigenvalue weighted by Gasteiger charge is 1.81. The van der Waals surface area contributed by atoms with Gasteiger partial charge in [-0.1, -0.05) is 48.6 Å². The van der Waals surface area contributed by atoms with Crippen molar-refractivity contribution in [2.75, 3.05) is 0 Å². The third-order valence-electron chi connectivity index (χ3n) is 1.24. The van der Waals surface area contributed by atoms with E-state index in [1.807, 2.05) is 36.4 Å². The zero-order valence-corrected chi connectivity index (χ0v) is 6.84. The largest absolute Gasteiger partial charge is 0.390 e. The van der Waals surface area contributed by atoms with Gasteiger partial charge in [0.15, 0.2) is 0 Å². The summed E-state index contributed by atoms with van der Waals surface area (Å²) >= 11 is 4.69. The average molecular weight is 163 g/mol. The molecule has 0 heterocycles. The van der Waals surface area contributed by atoms with Gasteiger partial charge in [0.1, 0.15) is 0 Å². The number of hydrogen-bond donors (Lipinski definition) is 1. The molecule has 2 N–H and O–H groups in total. The molecule has 0 saturated heterocycles. The van der Waals surface area contributed by atoms with Crippen LogP contribution in [-0.2, 0) is 0 Å². The Morgan fingerprint density at radius 2 is 1.91 bits per heavy atom. The van der Waals surface area contributed by atoms with E-state index in [0.29, 0.717) is 4.99 Å². The maximum absolute atomic E-state index is 5.28. The highest BCUT2D eigenvalue weighted by Crippen LogP contribution is 1.99. The zero-order chi connectivity index (χ0) is 8.10. The van der Waals surface area contributed by atoms with Crippen LogP contribution < -0.4 is 5.73 Å². The maximum Gasteiger partial charge on any atom is 0.0962 e. The summed E-state index contributed by atoms with van der Waals surface area (Å²) in [5.74, 6) is 0. The second kappa shape index (κ2) is 3.88. The van der Waals surface area contributed by atoms with Crippen molar-refractivity contribution in [3.8, 4) is 0 Å². The van der Waals surface area contributed by atoms with E-state index in [9.17, 15) is 0 Å². The molecule has 56 valence electrons. The highest BCUT2D eigenvalue weighted by atomic mass is 32.1. The van der Waals surface area contributed by atoms with Crippen molar-refractivity contribution in [2.24, 2.45) is 5.73 Å². The molecule has 11 heavy (non-hydrogen) atoms. The second-order valence-corrected chi connectivity index (χ2v) is 2.62. The molecule has 0 aromatic heterocycles. The molecule has 0 radical (unpaired) electrons. The van der Waals surface area contributed by atoms with Crippen LogP contribution in [0.2, 0.25) is 0 Å². The maximum atomic E-state index is 5.28. The summed E-state index contributed by atoms with van der Waals surface area (Å²) < 4.78 is 0. The lowest BCUT2D eigenvalue weighted by atomic mass is 10.2. The van der Waals surface area contributed by atoms with Crippen molar-refractivity contribution in [1.29, 1.82) is 0 Å². The van der Waals surface area contributed by atoms with Crippen LogP contribution >= 0.6 is 12.2 Å². The van der Waals surface area contributed by atoms with E-state index in [0.717, 1.165) is 5.56 Å². The number of nitrogens with two attached hydrogens (primary N) is 1. The van der Waals surface area contributed by atoms with Crippen molar-refractivity contribution in [3.63, 3.8) is 0 Å². The molecule has 0 aliphatic rings. The van der Waals surface area contributed by atoms with E-state index in [1.165, 1.54) is 0 Å². The highest BCUT2D eigenvalue weighted by molar-refractivity contribution is 7.80. The van der Waals surface area contributed by atoms with E-state index in [4.69, 9.17) is 5.73 Å². The van der Waals surface area contributed by atoms with Gasteiger partial charge in [0.2, 0.25) is 0 Å². The molecule has 1 aromatic carbocycles. The van der Waals surface area contributed by atoms with Crippen LogP contribution in [0.5, 0.6) is 0 Å². The molecule has 0 unspecified atom stereocenters. The Bertz CT molecular complexity index is 264. The van der Waals surface area contributed by atoms with Gasteiger partial charge in [-0.15, -0.1) is 0 Å². The standard InChI is InChI=1S/C9H9NS/c10-9(11)7-6-8-4-2-1-3-5-8/h1-7H,(H2,10,11)/b7-6+. The fraction of sp³-hybridized carbons (Fsp3) is 0. The third kappa shape index (κ3) is 2.96. The molecular formula is C9H9NS. The zero-order valence-electron chi connectivity index (χ0n) is 6.03. The smallest absolute Gasteiger partial charge is 0.0962 e. The topological polar surface area (TPSA) is 26.0 Å². The quantitative estimate of drug-likeness (QED) is 0.533. The molecule has 0 atom stereocenters. The Balaban J connectivity index is 2.72. The van der Waals surface area contributed by atoms with Crippen molar-refractivity contribution < 1.29 is 0 Å². The minimum Gasteiger partial charge on any atom is -0.390 e. The van der Waals surface area contributed by atoms with Gasteiger partial charge in [0, 0.05) is 0 Å². The van der Waals surface area contributed by atoms with Crippen molar-refractivity contribution in [1.82, 2.24) is 0 Å². The van der Waals surface area contributed by atoms with Crippen LogP contribution in [0.3, 0.4) is 0 Å². The second-order valence-electron chi connectivity index (χ2n) is 2.15. The summed E-state index contributed by atoms with van der Waals surface area (Å²) in [6.07, 6.45) is 3.60. The van der Waals surface area contributed by atoms with Crippen LogP contribution in [0.25, 0.3) is 6.08 Å². The Kier molecular flexibility index (Phi) is 2.81. The minimum atomic E-state index is 0.411. The van der Waals surface area contributed by atoms with E-state index in [-0.39, 0.29) is 0 Å². The molecule has 2 heteroatoms. The van der Waals surface area contributed by atoms with Crippen molar-refractivity contribution in [3.05, 3.63) is 42.0 Å². The summed E-state index contributed by atoms with van der Waals surface area (Å²) in [5.41, 5.74) is 6.40. The number of rotatable bonds is 2. The van der Waals surface area contributed by atoms with Crippen LogP contribution in [-0.4, -0.2) is 4.99 Å². The Morgan fingerprint density at radius 1 is 1.27 bits per heavy atom. The Morgan fingerprint density at radius 3 is 2.45 bits per heavy atom. The van der Waals surface area contributed by atoms with Crippen molar-refractivity contribution in [2.45, 2.75) is 0 Å². The van der Waals surface area contributed by atoms with Gasteiger partial charge < -0.3 is 5.73 Å². The number of benzene rings is 1. The Hall–Kier alpha value is -1.15. The molecule has 0 aliphatic heterocycles. The average Bonchev–Trinajstić information content (AvgIpc) is 2.03. The molecule has 0 bridgehead atoms. The lowest BCUT2D eigenvalue weighted by molar-refractivity contribution is 1.66. The van der Waals surface area contributed by atoms with Crippen LogP contribution in [0.1, 0.15) is 5.56 Å². The number of hydrogen-bond acceptors (Lipinski definition) is 1. The van der Waals surface area contributed by atoms with Gasteiger partial charge in [0.25, 0.3) is 0 Å². The summed E-state index contributed by atoms with van der Waals surface area (Å²) in [4.78, 5) is 0.411. The summed E-state index contributed by atoms with van der Waals surface area (Å²) in [7, 11) is 0. The monoisotopic (exact) mass is 163 g/mol. The molecule has 0 amide bonds. The minimum absolute atomic E-state index is 0.411. The van der Waals surface area contributed by atoms with Gasteiger partial charge in [-0.05, 0) is 11.6 Å². The first kappa shape index (κ1) is 7.95. The van der Waals surface area contributed by atoms with Gasteiger partial charge in [-0.3, -0.25) is 0 Å². The molecule has 1 rings (SSSR count). The fourth-order valence-corrected chi connectivity index (χ4v) is 0.811. The molecule has 0 aliphatic carbocycles. The molecule has 0 fully saturated rings. The van der Waals surface area contributed by atoms with E-state index in [2.05, 4.69) is 12.2 Å². The molecule has 0 saturated carbocycles. The van der Waals surface area contributed by atoms with Gasteiger partial charge >= 0.3 is 0 Å². The first-order valence-electron chi connectivity index (χ1n) is 3.31. The van der Waals surface area contributed by atoms with Crippen LogP contribution in [0.15, 0.2) is 36.4 Å². The van der Waals surface area contributed by atoms with Crippen LogP contribution in [0.4, 0.5) is 0 Å². The normalized spacial score (nSPS) is 10.2. The first-order valence-corrected chi connectivity index (χ1v) is 3.72. The third-order valence-corrected chi connectivity index (χ3v) is 1.38. The lowest BCUT2D eigenvalue weighted by Gasteiger charge is -1.89. The molecule has 1 aromatic rings. The molecular weight excluding hydrogens is 154 g/mol.